The number of halogens is 2. The molecule has 1 heterocycles. The summed E-state index contributed by atoms with van der Waals surface area (Å²) < 4.78 is 26.3. The standard InChI is InChI=1S/C13H14F2N2S/c1-2-17-12(13-7-16-8-18-13)5-9-3-10(14)6-11(15)4-9/h3-4,6-8,12,17H,2,5H2,1H3. The molecule has 2 rings (SSSR count). The zero-order chi connectivity index (χ0) is 13.0. The van der Waals surface area contributed by atoms with Gasteiger partial charge in [0.15, 0.2) is 0 Å². The highest BCUT2D eigenvalue weighted by molar-refractivity contribution is 7.09. The first-order valence-electron chi connectivity index (χ1n) is 5.75. The van der Waals surface area contributed by atoms with Crippen LogP contribution in [0.2, 0.25) is 0 Å². The maximum Gasteiger partial charge on any atom is 0.126 e. The second-order valence-electron chi connectivity index (χ2n) is 4.00. The molecule has 0 radical (unpaired) electrons. The van der Waals surface area contributed by atoms with E-state index in [1.807, 2.05) is 6.92 Å². The Hall–Kier alpha value is -1.33. The highest BCUT2D eigenvalue weighted by atomic mass is 32.1. The summed E-state index contributed by atoms with van der Waals surface area (Å²) in [4.78, 5) is 5.10. The summed E-state index contributed by atoms with van der Waals surface area (Å²) in [6.45, 7) is 2.79. The summed E-state index contributed by atoms with van der Waals surface area (Å²) in [7, 11) is 0. The molecule has 1 N–H and O–H groups in total. The van der Waals surface area contributed by atoms with Crippen LogP contribution in [0.4, 0.5) is 8.78 Å². The van der Waals surface area contributed by atoms with Gasteiger partial charge in [-0.3, -0.25) is 4.98 Å². The van der Waals surface area contributed by atoms with Gasteiger partial charge in [0.2, 0.25) is 0 Å². The fourth-order valence-electron chi connectivity index (χ4n) is 1.88. The van der Waals surface area contributed by atoms with Crippen molar-refractivity contribution in [1.82, 2.24) is 10.3 Å². The van der Waals surface area contributed by atoms with Gasteiger partial charge in [-0.05, 0) is 30.7 Å². The fraction of sp³-hybridized carbons (Fsp3) is 0.308. The van der Waals surface area contributed by atoms with E-state index < -0.39 is 11.6 Å². The van der Waals surface area contributed by atoms with Crippen LogP contribution in [0.25, 0.3) is 0 Å². The average molecular weight is 268 g/mol. The van der Waals surface area contributed by atoms with Gasteiger partial charge >= 0.3 is 0 Å². The summed E-state index contributed by atoms with van der Waals surface area (Å²) in [5, 5.41) is 3.30. The molecule has 0 aliphatic rings. The molecule has 1 atom stereocenters. The summed E-state index contributed by atoms with van der Waals surface area (Å²) in [6, 6.07) is 3.67. The average Bonchev–Trinajstić information content (AvgIpc) is 2.80. The summed E-state index contributed by atoms with van der Waals surface area (Å²) in [6.07, 6.45) is 2.33. The minimum Gasteiger partial charge on any atom is -0.309 e. The topological polar surface area (TPSA) is 24.9 Å². The Morgan fingerprint density at radius 2 is 2.00 bits per heavy atom. The highest BCUT2D eigenvalue weighted by Gasteiger charge is 2.13. The van der Waals surface area contributed by atoms with E-state index in [1.165, 1.54) is 23.5 Å². The van der Waals surface area contributed by atoms with Crippen LogP contribution in [0.5, 0.6) is 0 Å². The lowest BCUT2D eigenvalue weighted by atomic mass is 10.0. The Morgan fingerprint density at radius 3 is 2.56 bits per heavy atom. The first-order chi connectivity index (χ1) is 8.69. The van der Waals surface area contributed by atoms with Crippen molar-refractivity contribution in [3.63, 3.8) is 0 Å². The number of benzene rings is 1. The maximum atomic E-state index is 13.1. The second-order valence-corrected chi connectivity index (χ2v) is 4.91. The van der Waals surface area contributed by atoms with Crippen LogP contribution >= 0.6 is 11.3 Å². The van der Waals surface area contributed by atoms with Gasteiger partial charge in [0.1, 0.15) is 11.6 Å². The predicted molar refractivity (Wildman–Crippen MR) is 68.6 cm³/mol. The van der Waals surface area contributed by atoms with Gasteiger partial charge in [0.25, 0.3) is 0 Å². The molecular formula is C13H14F2N2S. The number of hydrogen-bond acceptors (Lipinski definition) is 3. The maximum absolute atomic E-state index is 13.1. The molecule has 1 aromatic heterocycles. The van der Waals surface area contributed by atoms with Crippen molar-refractivity contribution in [2.45, 2.75) is 19.4 Å². The first kappa shape index (κ1) is 13.1. The first-order valence-corrected chi connectivity index (χ1v) is 6.63. The van der Waals surface area contributed by atoms with Crippen molar-refractivity contribution in [2.75, 3.05) is 6.54 Å². The van der Waals surface area contributed by atoms with Crippen LogP contribution in [0.15, 0.2) is 29.9 Å². The molecule has 1 aromatic carbocycles. The van der Waals surface area contributed by atoms with Crippen LogP contribution in [0.3, 0.4) is 0 Å². The molecule has 96 valence electrons. The van der Waals surface area contributed by atoms with Crippen molar-refractivity contribution in [1.29, 1.82) is 0 Å². The lowest BCUT2D eigenvalue weighted by Gasteiger charge is -2.16. The van der Waals surface area contributed by atoms with Crippen molar-refractivity contribution in [3.05, 3.63) is 52.0 Å². The third-order valence-corrected chi connectivity index (χ3v) is 3.50. The Labute approximate surface area is 109 Å². The zero-order valence-corrected chi connectivity index (χ0v) is 10.8. The summed E-state index contributed by atoms with van der Waals surface area (Å²) in [5.74, 6) is -1.07. The molecule has 2 nitrogen and oxygen atoms in total. The third kappa shape index (κ3) is 3.34. The molecule has 0 saturated heterocycles. The number of aromatic nitrogens is 1. The van der Waals surface area contributed by atoms with E-state index in [-0.39, 0.29) is 6.04 Å². The summed E-state index contributed by atoms with van der Waals surface area (Å²) in [5.41, 5.74) is 2.40. The Morgan fingerprint density at radius 1 is 1.28 bits per heavy atom. The van der Waals surface area contributed by atoms with E-state index in [0.29, 0.717) is 12.0 Å². The monoisotopic (exact) mass is 268 g/mol. The van der Waals surface area contributed by atoms with E-state index in [2.05, 4.69) is 10.3 Å². The number of rotatable bonds is 5. The lowest BCUT2D eigenvalue weighted by Crippen LogP contribution is -2.22. The van der Waals surface area contributed by atoms with Crippen molar-refractivity contribution in [3.8, 4) is 0 Å². The molecule has 2 aromatic rings. The van der Waals surface area contributed by atoms with Gasteiger partial charge in [-0.2, -0.15) is 0 Å². The molecule has 0 fully saturated rings. The van der Waals surface area contributed by atoms with Gasteiger partial charge in [0.05, 0.1) is 5.51 Å². The normalized spacial score (nSPS) is 12.6. The molecule has 0 amide bonds. The smallest absolute Gasteiger partial charge is 0.126 e. The van der Waals surface area contributed by atoms with Crippen LogP contribution in [0, 0.1) is 11.6 Å². The second kappa shape index (κ2) is 6.02. The minimum absolute atomic E-state index is 0.0451. The van der Waals surface area contributed by atoms with Gasteiger partial charge < -0.3 is 5.32 Å². The van der Waals surface area contributed by atoms with Gasteiger partial charge in [0, 0.05) is 23.2 Å². The molecule has 0 spiro atoms. The Bertz CT molecular complexity index is 479. The van der Waals surface area contributed by atoms with Crippen LogP contribution in [-0.4, -0.2) is 11.5 Å². The van der Waals surface area contributed by atoms with Crippen molar-refractivity contribution in [2.24, 2.45) is 0 Å². The molecule has 0 aliphatic carbocycles. The van der Waals surface area contributed by atoms with E-state index >= 15 is 0 Å². The number of thiazole rings is 1. The van der Waals surface area contributed by atoms with Gasteiger partial charge in [-0.1, -0.05) is 6.92 Å². The van der Waals surface area contributed by atoms with Gasteiger partial charge in [-0.25, -0.2) is 8.78 Å². The van der Waals surface area contributed by atoms with E-state index in [1.54, 1.807) is 11.7 Å². The minimum atomic E-state index is -0.537. The Kier molecular flexibility index (Phi) is 4.38. The summed E-state index contributed by atoms with van der Waals surface area (Å²) >= 11 is 1.54. The largest absolute Gasteiger partial charge is 0.309 e. The fourth-order valence-corrected chi connectivity index (χ4v) is 2.58. The number of hydrogen-bond donors (Lipinski definition) is 1. The molecule has 18 heavy (non-hydrogen) atoms. The van der Waals surface area contributed by atoms with Crippen LogP contribution in [-0.2, 0) is 6.42 Å². The lowest BCUT2D eigenvalue weighted by molar-refractivity contribution is 0.544. The molecule has 1 unspecified atom stereocenters. The number of likely N-dealkylation sites (N-methyl/N-ethyl adjacent to an activating group) is 1. The predicted octanol–water partition coefficient (Wildman–Crippen LogP) is 3.31. The highest BCUT2D eigenvalue weighted by Crippen LogP contribution is 2.22. The van der Waals surface area contributed by atoms with Crippen molar-refractivity contribution >= 4 is 11.3 Å². The quantitative estimate of drug-likeness (QED) is 0.900. The van der Waals surface area contributed by atoms with Crippen LogP contribution < -0.4 is 5.32 Å². The van der Waals surface area contributed by atoms with E-state index in [4.69, 9.17) is 0 Å². The number of nitrogens with one attached hydrogen (secondary N) is 1. The molecule has 0 bridgehead atoms. The number of nitrogens with zero attached hydrogens (tertiary/aromatic N) is 1. The van der Waals surface area contributed by atoms with Crippen LogP contribution in [0.1, 0.15) is 23.4 Å². The Balaban J connectivity index is 2.18. The molecule has 5 heteroatoms. The molecule has 0 aliphatic heterocycles. The van der Waals surface area contributed by atoms with E-state index in [0.717, 1.165) is 17.5 Å². The SMILES string of the molecule is CCNC(Cc1cc(F)cc(F)c1)c1cncs1. The third-order valence-electron chi connectivity index (χ3n) is 2.61. The van der Waals surface area contributed by atoms with E-state index in [9.17, 15) is 8.78 Å². The van der Waals surface area contributed by atoms with Gasteiger partial charge in [-0.15, -0.1) is 11.3 Å². The molecular weight excluding hydrogens is 254 g/mol. The molecule has 0 saturated carbocycles. The van der Waals surface area contributed by atoms with Crippen molar-refractivity contribution < 1.29 is 8.78 Å². The zero-order valence-electron chi connectivity index (χ0n) is 9.99.